The lowest BCUT2D eigenvalue weighted by atomic mass is 10.1. The molecule has 36 heavy (non-hydrogen) atoms. The Hall–Kier alpha value is -4.38. The standard InChI is InChI=1S/C25H26N6O5/c1-26-23(33)15-3-4-18(19(11-15)34-2)29-25-30-22-21(24(31-25)36-16-6-9-35-10-7-16)17(13-28-22)14-5-8-27-20(32)12-14/h3-5,8,11-13,16H,6-7,9-10H2,1-2H3,(H,26,33)(H,27,32)(H2,28,29,30,31). The van der Waals surface area contributed by atoms with Gasteiger partial charge in [-0.3, -0.25) is 4.79 Å². The Bertz CT molecular complexity index is 1400. The number of anilines is 2. The number of H-pyrrole nitrogens is 1. The molecule has 4 aromatic rings. The SMILES string of the molecule is CNC(=O)c1ccc(Nc2nc(OC3CCOCC3)c3c(-c4ccnc(O)c4)c[nH]c3n2)c(OC)c1. The van der Waals surface area contributed by atoms with Crippen LogP contribution in [0, 0.1) is 0 Å². The van der Waals surface area contributed by atoms with Gasteiger partial charge in [0.25, 0.3) is 5.91 Å². The fraction of sp³-hybridized carbons (Fsp3) is 0.280. The molecule has 1 aliphatic heterocycles. The molecule has 4 heterocycles. The molecule has 0 saturated carbocycles. The third-order valence-electron chi connectivity index (χ3n) is 5.94. The molecule has 3 aromatic heterocycles. The number of rotatable bonds is 7. The number of aromatic hydroxyl groups is 1. The van der Waals surface area contributed by atoms with Crippen LogP contribution in [0.5, 0.6) is 17.5 Å². The summed E-state index contributed by atoms with van der Waals surface area (Å²) in [5.74, 6) is 0.863. The topological polar surface area (TPSA) is 144 Å². The second-order valence-corrected chi connectivity index (χ2v) is 8.23. The van der Waals surface area contributed by atoms with Gasteiger partial charge >= 0.3 is 0 Å². The molecular formula is C25H26N6O5. The van der Waals surface area contributed by atoms with E-state index < -0.39 is 0 Å². The molecule has 0 unspecified atom stereocenters. The Morgan fingerprint density at radius 3 is 2.78 bits per heavy atom. The zero-order valence-electron chi connectivity index (χ0n) is 19.9. The molecule has 0 spiro atoms. The van der Waals surface area contributed by atoms with E-state index in [1.165, 1.54) is 13.3 Å². The van der Waals surface area contributed by atoms with Crippen LogP contribution in [0.2, 0.25) is 0 Å². The van der Waals surface area contributed by atoms with E-state index in [0.29, 0.717) is 53.1 Å². The summed E-state index contributed by atoms with van der Waals surface area (Å²) in [6, 6.07) is 8.43. The molecule has 0 aliphatic carbocycles. The van der Waals surface area contributed by atoms with Crippen molar-refractivity contribution in [1.82, 2.24) is 25.3 Å². The third kappa shape index (κ3) is 4.73. The molecule has 1 fully saturated rings. The lowest BCUT2D eigenvalue weighted by molar-refractivity contribution is 0.0244. The number of aromatic amines is 1. The number of hydrogen-bond donors (Lipinski definition) is 4. The molecule has 11 nitrogen and oxygen atoms in total. The number of benzene rings is 1. The summed E-state index contributed by atoms with van der Waals surface area (Å²) in [7, 11) is 3.10. The van der Waals surface area contributed by atoms with E-state index in [9.17, 15) is 9.90 Å². The number of aromatic nitrogens is 4. The quantitative estimate of drug-likeness (QED) is 0.306. The van der Waals surface area contributed by atoms with Crippen LogP contribution >= 0.6 is 0 Å². The number of fused-ring (bicyclic) bond motifs is 1. The van der Waals surface area contributed by atoms with Crippen molar-refractivity contribution >= 4 is 28.6 Å². The largest absolute Gasteiger partial charge is 0.495 e. The fourth-order valence-electron chi connectivity index (χ4n) is 4.11. The van der Waals surface area contributed by atoms with Crippen molar-refractivity contribution in [1.29, 1.82) is 0 Å². The highest BCUT2D eigenvalue weighted by Crippen LogP contribution is 2.37. The number of amides is 1. The lowest BCUT2D eigenvalue weighted by Gasteiger charge is -2.23. The fourth-order valence-corrected chi connectivity index (χ4v) is 4.11. The van der Waals surface area contributed by atoms with Gasteiger partial charge in [-0.15, -0.1) is 0 Å². The average Bonchev–Trinajstić information content (AvgIpc) is 3.33. The Kier molecular flexibility index (Phi) is 6.54. The molecule has 0 bridgehead atoms. The summed E-state index contributed by atoms with van der Waals surface area (Å²) >= 11 is 0. The first-order valence-corrected chi connectivity index (χ1v) is 11.5. The van der Waals surface area contributed by atoms with E-state index in [2.05, 4.69) is 25.6 Å². The van der Waals surface area contributed by atoms with Crippen molar-refractivity contribution in [3.05, 3.63) is 48.3 Å². The molecule has 1 aliphatic rings. The zero-order chi connectivity index (χ0) is 25.1. The van der Waals surface area contributed by atoms with Crippen LogP contribution < -0.4 is 20.1 Å². The molecule has 1 aromatic carbocycles. The molecule has 5 rings (SSSR count). The van der Waals surface area contributed by atoms with Crippen molar-refractivity contribution in [3.63, 3.8) is 0 Å². The van der Waals surface area contributed by atoms with Gasteiger partial charge in [-0.05, 0) is 29.8 Å². The van der Waals surface area contributed by atoms with Crippen molar-refractivity contribution in [3.8, 4) is 28.6 Å². The first kappa shape index (κ1) is 23.4. The maximum Gasteiger partial charge on any atom is 0.251 e. The van der Waals surface area contributed by atoms with Crippen LogP contribution in [0.1, 0.15) is 23.2 Å². The minimum Gasteiger partial charge on any atom is -0.495 e. The number of ether oxygens (including phenoxy) is 3. The third-order valence-corrected chi connectivity index (χ3v) is 5.94. The van der Waals surface area contributed by atoms with Crippen LogP contribution in [-0.4, -0.2) is 64.4 Å². The number of carbonyl (C=O) groups excluding carboxylic acids is 1. The molecule has 1 amide bonds. The van der Waals surface area contributed by atoms with Crippen molar-refractivity contribution in [2.24, 2.45) is 0 Å². The van der Waals surface area contributed by atoms with Gasteiger partial charge in [0, 0.05) is 49.5 Å². The van der Waals surface area contributed by atoms with E-state index >= 15 is 0 Å². The highest BCUT2D eigenvalue weighted by atomic mass is 16.5. The first-order valence-electron chi connectivity index (χ1n) is 11.5. The second kappa shape index (κ2) is 10.1. The van der Waals surface area contributed by atoms with Gasteiger partial charge in [0.05, 0.1) is 31.4 Å². The number of pyridine rings is 1. The minimum absolute atomic E-state index is 0.0559. The van der Waals surface area contributed by atoms with Gasteiger partial charge in [0.1, 0.15) is 17.5 Å². The summed E-state index contributed by atoms with van der Waals surface area (Å²) in [5.41, 5.74) is 3.15. The molecule has 0 atom stereocenters. The van der Waals surface area contributed by atoms with E-state index in [1.807, 2.05) is 0 Å². The Balaban J connectivity index is 1.56. The van der Waals surface area contributed by atoms with Gasteiger partial charge < -0.3 is 34.9 Å². The van der Waals surface area contributed by atoms with E-state index in [4.69, 9.17) is 19.2 Å². The number of nitrogens with zero attached hydrogens (tertiary/aromatic N) is 3. The average molecular weight is 491 g/mol. The minimum atomic E-state index is -0.217. The van der Waals surface area contributed by atoms with E-state index in [0.717, 1.165) is 24.0 Å². The molecular weight excluding hydrogens is 464 g/mol. The summed E-state index contributed by atoms with van der Waals surface area (Å²) in [5, 5.41) is 16.4. The van der Waals surface area contributed by atoms with Crippen LogP contribution in [0.3, 0.4) is 0 Å². The number of methoxy groups -OCH3 is 1. The predicted octanol–water partition coefficient (Wildman–Crippen LogP) is 3.40. The highest BCUT2D eigenvalue weighted by Gasteiger charge is 2.22. The van der Waals surface area contributed by atoms with Crippen LogP contribution in [0.15, 0.2) is 42.7 Å². The van der Waals surface area contributed by atoms with Crippen molar-refractivity contribution < 1.29 is 24.1 Å². The highest BCUT2D eigenvalue weighted by molar-refractivity contribution is 5.98. The van der Waals surface area contributed by atoms with Gasteiger partial charge in [0.2, 0.25) is 17.7 Å². The van der Waals surface area contributed by atoms with Gasteiger partial charge in [-0.2, -0.15) is 9.97 Å². The maximum absolute atomic E-state index is 12.0. The monoisotopic (exact) mass is 490 g/mol. The van der Waals surface area contributed by atoms with Gasteiger partial charge in [-0.25, -0.2) is 4.98 Å². The Labute approximate surface area is 206 Å². The summed E-state index contributed by atoms with van der Waals surface area (Å²) in [6.07, 6.45) is 4.78. The Morgan fingerprint density at radius 1 is 1.19 bits per heavy atom. The van der Waals surface area contributed by atoms with Crippen molar-refractivity contribution in [2.75, 3.05) is 32.7 Å². The summed E-state index contributed by atoms with van der Waals surface area (Å²) < 4.78 is 17.3. The second-order valence-electron chi connectivity index (χ2n) is 8.23. The van der Waals surface area contributed by atoms with Crippen LogP contribution in [0.25, 0.3) is 22.2 Å². The molecule has 4 N–H and O–H groups in total. The Morgan fingerprint density at radius 2 is 2.03 bits per heavy atom. The molecule has 186 valence electrons. The molecule has 11 heteroatoms. The van der Waals surface area contributed by atoms with Crippen molar-refractivity contribution in [2.45, 2.75) is 18.9 Å². The van der Waals surface area contributed by atoms with Crippen LogP contribution in [0.4, 0.5) is 11.6 Å². The summed E-state index contributed by atoms with van der Waals surface area (Å²) in [6.45, 7) is 1.24. The van der Waals surface area contributed by atoms with E-state index in [1.54, 1.807) is 43.6 Å². The zero-order valence-corrected chi connectivity index (χ0v) is 19.9. The smallest absolute Gasteiger partial charge is 0.251 e. The molecule has 0 radical (unpaired) electrons. The van der Waals surface area contributed by atoms with E-state index in [-0.39, 0.29) is 17.9 Å². The van der Waals surface area contributed by atoms with Crippen LogP contribution in [-0.2, 0) is 4.74 Å². The predicted molar refractivity (Wildman–Crippen MR) is 133 cm³/mol. The van der Waals surface area contributed by atoms with Gasteiger partial charge in [0.15, 0.2) is 0 Å². The lowest BCUT2D eigenvalue weighted by Crippen LogP contribution is -2.26. The molecule has 1 saturated heterocycles. The number of nitrogens with one attached hydrogen (secondary N) is 3. The first-order chi connectivity index (χ1) is 17.6. The number of carbonyl (C=O) groups is 1. The summed E-state index contributed by atoms with van der Waals surface area (Å²) in [4.78, 5) is 28.4. The normalized spacial score (nSPS) is 13.9. The van der Waals surface area contributed by atoms with Gasteiger partial charge in [-0.1, -0.05) is 0 Å². The maximum atomic E-state index is 12.0. The number of hydrogen-bond acceptors (Lipinski definition) is 9.